The molecule has 0 amide bonds. The molecule has 3 unspecified atom stereocenters. The van der Waals surface area contributed by atoms with Gasteiger partial charge in [0.15, 0.2) is 0 Å². The second kappa shape index (κ2) is 6.63. The first-order valence-corrected chi connectivity index (χ1v) is 13.6. The van der Waals surface area contributed by atoms with Crippen LogP contribution in [0.4, 0.5) is 0 Å². The molecule has 4 fully saturated rings. The Kier molecular flexibility index (Phi) is 4.77. The Balaban J connectivity index is 1.44. The average Bonchev–Trinajstić information content (AvgIpc) is 2.98. The van der Waals surface area contributed by atoms with E-state index in [2.05, 4.69) is 54.5 Å². The predicted octanol–water partition coefficient (Wildman–Crippen LogP) is 9.20. The maximum Gasteiger partial charge on any atom is -0.0146 e. The summed E-state index contributed by atoms with van der Waals surface area (Å²) >= 11 is 0. The molecule has 0 heteroatoms. The molecule has 0 aliphatic heterocycles. The molecule has 5 rings (SSSR count). The Morgan fingerprint density at radius 3 is 2.03 bits per heavy atom. The van der Waals surface area contributed by atoms with Crippen molar-refractivity contribution in [2.45, 2.75) is 126 Å². The average molecular weight is 411 g/mol. The van der Waals surface area contributed by atoms with E-state index in [9.17, 15) is 0 Å². The molecule has 0 aromatic carbocycles. The van der Waals surface area contributed by atoms with Crippen molar-refractivity contribution in [3.05, 3.63) is 11.6 Å². The van der Waals surface area contributed by atoms with Gasteiger partial charge in [0, 0.05) is 0 Å². The van der Waals surface area contributed by atoms with E-state index in [0.29, 0.717) is 27.1 Å². The summed E-state index contributed by atoms with van der Waals surface area (Å²) in [5, 5.41) is 0. The molecule has 0 spiro atoms. The molecule has 4 saturated carbocycles. The van der Waals surface area contributed by atoms with Crippen molar-refractivity contribution in [1.82, 2.24) is 0 Å². The van der Waals surface area contributed by atoms with Crippen LogP contribution in [0, 0.1) is 50.7 Å². The van der Waals surface area contributed by atoms with E-state index in [4.69, 9.17) is 0 Å². The summed E-state index contributed by atoms with van der Waals surface area (Å²) in [5.74, 6) is 3.70. The molecular weight excluding hydrogens is 360 g/mol. The van der Waals surface area contributed by atoms with Crippen molar-refractivity contribution in [2.24, 2.45) is 50.7 Å². The van der Waals surface area contributed by atoms with Gasteiger partial charge in [0.25, 0.3) is 0 Å². The predicted molar refractivity (Wildman–Crippen MR) is 129 cm³/mol. The lowest BCUT2D eigenvalue weighted by atomic mass is 9.42. The molecule has 0 N–H and O–H groups in total. The fraction of sp³-hybridized carbons (Fsp3) is 0.933. The van der Waals surface area contributed by atoms with Crippen LogP contribution < -0.4 is 0 Å². The van der Waals surface area contributed by atoms with Gasteiger partial charge in [-0.2, -0.15) is 0 Å². The first-order valence-electron chi connectivity index (χ1n) is 13.6. The molecule has 0 aromatic rings. The van der Waals surface area contributed by atoms with Crippen molar-refractivity contribution in [3.63, 3.8) is 0 Å². The summed E-state index contributed by atoms with van der Waals surface area (Å²) in [7, 11) is 0. The first-order chi connectivity index (χ1) is 13.9. The zero-order valence-electron chi connectivity index (χ0n) is 21.4. The highest BCUT2D eigenvalue weighted by Crippen LogP contribution is 2.71. The van der Waals surface area contributed by atoms with Gasteiger partial charge in [-0.1, -0.05) is 73.0 Å². The minimum Gasteiger partial charge on any atom is -0.0847 e. The number of fused-ring (bicyclic) bond motifs is 4. The van der Waals surface area contributed by atoms with Crippen molar-refractivity contribution in [1.29, 1.82) is 0 Å². The second-order valence-corrected chi connectivity index (χ2v) is 14.9. The van der Waals surface area contributed by atoms with Crippen LogP contribution in [-0.4, -0.2) is 0 Å². The maximum absolute atomic E-state index is 2.79. The van der Waals surface area contributed by atoms with Gasteiger partial charge >= 0.3 is 0 Å². The molecule has 0 aromatic heterocycles. The van der Waals surface area contributed by atoms with Gasteiger partial charge in [-0.15, -0.1) is 0 Å². The fourth-order valence-corrected chi connectivity index (χ4v) is 11.2. The van der Waals surface area contributed by atoms with Crippen molar-refractivity contribution >= 4 is 0 Å². The van der Waals surface area contributed by atoms with Crippen molar-refractivity contribution in [2.75, 3.05) is 0 Å². The van der Waals surface area contributed by atoms with Gasteiger partial charge in [0.1, 0.15) is 0 Å². The Morgan fingerprint density at radius 1 is 0.633 bits per heavy atom. The smallest absolute Gasteiger partial charge is 0.0146 e. The lowest BCUT2D eigenvalue weighted by molar-refractivity contribution is -0.124. The van der Waals surface area contributed by atoms with Crippen LogP contribution in [0.2, 0.25) is 0 Å². The molecule has 0 saturated heterocycles. The van der Waals surface area contributed by atoms with Gasteiger partial charge in [0.2, 0.25) is 0 Å². The summed E-state index contributed by atoms with van der Waals surface area (Å²) in [6.07, 6.45) is 20.3. The normalized spacial score (nSPS) is 52.0. The van der Waals surface area contributed by atoms with E-state index in [-0.39, 0.29) is 0 Å². The van der Waals surface area contributed by atoms with E-state index in [1.807, 2.05) is 5.57 Å². The molecule has 5 aliphatic carbocycles. The van der Waals surface area contributed by atoms with Gasteiger partial charge in [-0.25, -0.2) is 0 Å². The van der Waals surface area contributed by atoms with E-state index >= 15 is 0 Å². The van der Waals surface area contributed by atoms with Crippen LogP contribution in [0.3, 0.4) is 0 Å². The third-order valence-corrected chi connectivity index (χ3v) is 12.4. The number of hydrogen-bond acceptors (Lipinski definition) is 0. The molecule has 30 heavy (non-hydrogen) atoms. The van der Waals surface area contributed by atoms with Gasteiger partial charge in [-0.3, -0.25) is 0 Å². The SMILES string of the molecule is CC1(C)CCC[C@]2(C)CC([C@@H]3CCC4[C@@]5(C)CCCC(C)(C)C5CC[C@]43C)=CCC12. The zero-order chi connectivity index (χ0) is 21.6. The highest BCUT2D eigenvalue weighted by atomic mass is 14.7. The van der Waals surface area contributed by atoms with E-state index < -0.39 is 0 Å². The Hall–Kier alpha value is -0.260. The Labute approximate surface area is 188 Å². The summed E-state index contributed by atoms with van der Waals surface area (Å²) < 4.78 is 0. The molecular formula is C30H50. The molecule has 5 aliphatic rings. The van der Waals surface area contributed by atoms with E-state index in [1.54, 1.807) is 0 Å². The summed E-state index contributed by atoms with van der Waals surface area (Å²) in [5.41, 5.74) is 4.74. The second-order valence-electron chi connectivity index (χ2n) is 14.9. The van der Waals surface area contributed by atoms with Gasteiger partial charge < -0.3 is 0 Å². The van der Waals surface area contributed by atoms with Crippen molar-refractivity contribution < 1.29 is 0 Å². The largest absolute Gasteiger partial charge is 0.0847 e. The molecule has 0 bridgehead atoms. The van der Waals surface area contributed by atoms with Crippen LogP contribution in [0.5, 0.6) is 0 Å². The molecule has 0 nitrogen and oxygen atoms in total. The number of rotatable bonds is 1. The van der Waals surface area contributed by atoms with E-state index in [1.165, 1.54) is 77.0 Å². The van der Waals surface area contributed by atoms with Crippen LogP contribution in [-0.2, 0) is 0 Å². The monoisotopic (exact) mass is 410 g/mol. The molecule has 0 radical (unpaired) electrons. The lowest BCUT2D eigenvalue weighted by Gasteiger charge is -2.62. The van der Waals surface area contributed by atoms with Crippen LogP contribution in [0.15, 0.2) is 11.6 Å². The van der Waals surface area contributed by atoms with Crippen LogP contribution >= 0.6 is 0 Å². The van der Waals surface area contributed by atoms with Gasteiger partial charge in [-0.05, 0) is 115 Å². The Bertz CT molecular complexity index is 724. The third kappa shape index (κ3) is 2.90. The Morgan fingerprint density at radius 2 is 1.30 bits per heavy atom. The van der Waals surface area contributed by atoms with Crippen LogP contribution in [0.1, 0.15) is 126 Å². The number of allylic oxidation sites excluding steroid dienone is 2. The summed E-state index contributed by atoms with van der Waals surface area (Å²) in [6, 6.07) is 0. The zero-order valence-corrected chi connectivity index (χ0v) is 21.4. The van der Waals surface area contributed by atoms with E-state index in [0.717, 1.165) is 23.7 Å². The topological polar surface area (TPSA) is 0 Å². The highest BCUT2D eigenvalue weighted by Gasteiger charge is 2.63. The molecule has 7 atom stereocenters. The summed E-state index contributed by atoms with van der Waals surface area (Å²) in [4.78, 5) is 0. The minimum atomic E-state index is 0.538. The quantitative estimate of drug-likeness (QED) is 0.378. The standard InChI is InChI=1S/C30H50/c1-26(2)15-8-17-28(5)20-21(10-12-23(26)28)22-11-13-25-29(22,6)19-14-24-27(3,4)16-9-18-30(24,25)7/h10,22-25H,8-9,11-20H2,1-7H3/t22-,23?,24?,25?,28+,29-,30-/m0/s1. The third-order valence-electron chi connectivity index (χ3n) is 12.4. The highest BCUT2D eigenvalue weighted by molar-refractivity contribution is 5.24. The minimum absolute atomic E-state index is 0.538. The lowest BCUT2D eigenvalue weighted by Crippen LogP contribution is -2.54. The molecule has 0 heterocycles. The molecule has 170 valence electrons. The fourth-order valence-electron chi connectivity index (χ4n) is 11.2. The first kappa shape index (κ1) is 21.6. The number of hydrogen-bond donors (Lipinski definition) is 0. The van der Waals surface area contributed by atoms with Crippen molar-refractivity contribution in [3.8, 4) is 0 Å². The van der Waals surface area contributed by atoms with Gasteiger partial charge in [0.05, 0.1) is 0 Å². The summed E-state index contributed by atoms with van der Waals surface area (Å²) in [6.45, 7) is 18.5. The maximum atomic E-state index is 2.79. The van der Waals surface area contributed by atoms with Crippen LogP contribution in [0.25, 0.3) is 0 Å².